The number of hydrogen-bond acceptors (Lipinski definition) is 5. The Morgan fingerprint density at radius 2 is 1.72 bits per heavy atom. The summed E-state index contributed by atoms with van der Waals surface area (Å²) in [5.41, 5.74) is -0.322. The van der Waals surface area contributed by atoms with Gasteiger partial charge in [0.25, 0.3) is 0 Å². The molecule has 180 valence electrons. The van der Waals surface area contributed by atoms with Crippen LogP contribution < -0.4 is 10.6 Å². The maximum atomic E-state index is 13.4. The first kappa shape index (κ1) is 27.3. The molecule has 0 saturated carbocycles. The second-order valence-electron chi connectivity index (χ2n) is 10.1. The average molecular weight is 450 g/mol. The van der Waals surface area contributed by atoms with Gasteiger partial charge in [-0.2, -0.15) is 0 Å². The molecule has 2 atom stereocenters. The van der Waals surface area contributed by atoms with Gasteiger partial charge in [-0.3, -0.25) is 9.59 Å². The highest BCUT2D eigenvalue weighted by Gasteiger charge is 2.37. The molecule has 0 radical (unpaired) electrons. The molecule has 3 amide bonds. The Balaban J connectivity index is 3.37. The number of benzene rings is 1. The minimum atomic E-state index is -1.07. The van der Waals surface area contributed by atoms with Crippen LogP contribution in [0.15, 0.2) is 18.2 Å². The Morgan fingerprint density at radius 3 is 2.22 bits per heavy atom. The Morgan fingerprint density at radius 1 is 1.12 bits per heavy atom. The van der Waals surface area contributed by atoms with Crippen molar-refractivity contribution < 1.29 is 24.2 Å². The number of nitrogens with zero attached hydrogens (tertiary/aromatic N) is 1. The predicted octanol–water partition coefficient (Wildman–Crippen LogP) is 3.81. The van der Waals surface area contributed by atoms with Crippen LogP contribution in [0.25, 0.3) is 0 Å². The topological polar surface area (TPSA) is 108 Å². The lowest BCUT2D eigenvalue weighted by Crippen LogP contribution is -2.53. The molecule has 3 N–H and O–H groups in total. The van der Waals surface area contributed by atoms with Gasteiger partial charge in [0, 0.05) is 17.1 Å². The second-order valence-corrected chi connectivity index (χ2v) is 10.1. The lowest BCUT2D eigenvalue weighted by molar-refractivity contribution is -0.143. The molecular weight excluding hydrogens is 410 g/mol. The summed E-state index contributed by atoms with van der Waals surface area (Å²) in [5.74, 6) is -0.910. The van der Waals surface area contributed by atoms with Crippen LogP contribution in [-0.4, -0.2) is 51.6 Å². The number of carbonyl (C=O) groups is 3. The van der Waals surface area contributed by atoms with Crippen molar-refractivity contribution in [1.29, 1.82) is 0 Å². The van der Waals surface area contributed by atoms with E-state index in [2.05, 4.69) is 10.6 Å². The van der Waals surface area contributed by atoms with Gasteiger partial charge in [-0.15, -0.1) is 0 Å². The van der Waals surface area contributed by atoms with Crippen molar-refractivity contribution in [3.05, 3.63) is 29.3 Å². The van der Waals surface area contributed by atoms with Crippen LogP contribution in [0.1, 0.15) is 79.0 Å². The van der Waals surface area contributed by atoms with Gasteiger partial charge in [0.2, 0.25) is 11.8 Å². The number of aryl methyl sites for hydroxylation is 1. The summed E-state index contributed by atoms with van der Waals surface area (Å²) < 4.78 is 5.21. The Bertz CT molecular complexity index is 824. The minimum Gasteiger partial charge on any atom is -0.507 e. The maximum absolute atomic E-state index is 13.4. The van der Waals surface area contributed by atoms with Crippen LogP contribution in [0.2, 0.25) is 0 Å². The van der Waals surface area contributed by atoms with Gasteiger partial charge >= 0.3 is 6.09 Å². The molecule has 0 saturated heterocycles. The first-order valence-electron chi connectivity index (χ1n) is 11.0. The van der Waals surface area contributed by atoms with Crippen molar-refractivity contribution in [2.75, 3.05) is 6.54 Å². The van der Waals surface area contributed by atoms with Crippen molar-refractivity contribution in [2.45, 2.75) is 92.0 Å². The average Bonchev–Trinajstić information content (AvgIpc) is 2.63. The van der Waals surface area contributed by atoms with Crippen molar-refractivity contribution >= 4 is 17.9 Å². The van der Waals surface area contributed by atoms with Gasteiger partial charge in [-0.05, 0) is 67.4 Å². The van der Waals surface area contributed by atoms with E-state index in [-0.39, 0.29) is 18.3 Å². The Kier molecular flexibility index (Phi) is 9.12. The molecule has 0 fully saturated rings. The van der Waals surface area contributed by atoms with E-state index in [1.165, 1.54) is 4.90 Å². The normalized spacial score (nSPS) is 13.7. The predicted molar refractivity (Wildman–Crippen MR) is 124 cm³/mol. The van der Waals surface area contributed by atoms with Crippen molar-refractivity contribution in [3.8, 4) is 5.75 Å². The monoisotopic (exact) mass is 449 g/mol. The Hall–Kier alpha value is -2.77. The lowest BCUT2D eigenvalue weighted by Gasteiger charge is -2.37. The lowest BCUT2D eigenvalue weighted by atomic mass is 9.97. The van der Waals surface area contributed by atoms with Gasteiger partial charge in [0.1, 0.15) is 23.9 Å². The highest BCUT2D eigenvalue weighted by Crippen LogP contribution is 2.33. The number of alkyl carbamates (subject to hydrolysis) is 1. The van der Waals surface area contributed by atoms with Crippen LogP contribution in [0, 0.1) is 6.92 Å². The number of phenols is 1. The number of carbonyl (C=O) groups excluding carboxylic acids is 3. The minimum absolute atomic E-state index is 0.0391. The summed E-state index contributed by atoms with van der Waals surface area (Å²) in [6, 6.07) is 3.70. The first-order valence-corrected chi connectivity index (χ1v) is 11.0. The molecule has 1 aromatic carbocycles. The number of phenolic OH excluding ortho intramolecular Hbond substituents is 1. The number of para-hydroxylation sites is 1. The molecule has 2 unspecified atom stereocenters. The molecule has 1 aromatic rings. The van der Waals surface area contributed by atoms with Crippen LogP contribution in [-0.2, 0) is 14.3 Å². The summed E-state index contributed by atoms with van der Waals surface area (Å²) in [5, 5.41) is 16.1. The van der Waals surface area contributed by atoms with E-state index in [9.17, 15) is 19.5 Å². The van der Waals surface area contributed by atoms with Crippen molar-refractivity contribution in [2.24, 2.45) is 0 Å². The van der Waals surface area contributed by atoms with E-state index >= 15 is 0 Å². The van der Waals surface area contributed by atoms with Crippen LogP contribution >= 0.6 is 0 Å². The zero-order valence-electron chi connectivity index (χ0n) is 20.8. The van der Waals surface area contributed by atoms with Gasteiger partial charge in [-0.1, -0.05) is 25.1 Å². The second kappa shape index (κ2) is 10.7. The fraction of sp³-hybridized carbons (Fsp3) is 0.625. The van der Waals surface area contributed by atoms with Crippen molar-refractivity contribution in [3.63, 3.8) is 0 Å². The van der Waals surface area contributed by atoms with E-state index < -0.39 is 35.1 Å². The Labute approximate surface area is 191 Å². The van der Waals surface area contributed by atoms with Crippen LogP contribution in [0.3, 0.4) is 0 Å². The highest BCUT2D eigenvalue weighted by molar-refractivity contribution is 5.91. The smallest absolute Gasteiger partial charge is 0.408 e. The third kappa shape index (κ3) is 8.05. The van der Waals surface area contributed by atoms with E-state index in [1.807, 2.05) is 34.6 Å². The van der Waals surface area contributed by atoms with E-state index in [0.717, 1.165) is 0 Å². The largest absolute Gasteiger partial charge is 0.507 e. The van der Waals surface area contributed by atoms with E-state index in [0.29, 0.717) is 17.5 Å². The number of hydrogen-bond donors (Lipinski definition) is 3. The third-order valence-electron chi connectivity index (χ3n) is 4.72. The fourth-order valence-electron chi connectivity index (χ4n) is 3.15. The summed E-state index contributed by atoms with van der Waals surface area (Å²) >= 11 is 0. The first-order chi connectivity index (χ1) is 14.6. The van der Waals surface area contributed by atoms with Crippen molar-refractivity contribution in [1.82, 2.24) is 15.5 Å². The van der Waals surface area contributed by atoms with Gasteiger partial charge < -0.3 is 25.4 Å². The molecule has 0 aromatic heterocycles. The number of rotatable bonds is 7. The molecule has 0 aliphatic carbocycles. The molecular formula is C24H39N3O5. The quantitative estimate of drug-likeness (QED) is 0.587. The standard InChI is InChI=1S/C24H39N3O5/c1-10-16(3)27(18(28)14-25-22(31)32-24(7,8)9)19(21(30)26-23(4,5)6)17-13-11-12-15(2)20(17)29/h11-13,16,19,29H,10,14H2,1-9H3,(H,25,31)(H,26,30). The number of aromatic hydroxyl groups is 1. The molecule has 32 heavy (non-hydrogen) atoms. The molecule has 0 aliphatic rings. The SMILES string of the molecule is CCC(C)N(C(=O)CNC(=O)OC(C)(C)C)C(C(=O)NC(C)(C)C)c1cccc(C)c1O. The van der Waals surface area contributed by atoms with E-state index in [4.69, 9.17) is 4.74 Å². The number of ether oxygens (including phenoxy) is 1. The molecule has 1 rings (SSSR count). The summed E-state index contributed by atoms with van der Waals surface area (Å²) in [6.07, 6.45) is -0.145. The molecule has 8 nitrogen and oxygen atoms in total. The molecule has 0 heterocycles. The fourth-order valence-corrected chi connectivity index (χ4v) is 3.15. The molecule has 0 spiro atoms. The van der Waals surface area contributed by atoms with Gasteiger partial charge in [0.05, 0.1) is 0 Å². The number of amides is 3. The highest BCUT2D eigenvalue weighted by atomic mass is 16.6. The van der Waals surface area contributed by atoms with Crippen LogP contribution in [0.5, 0.6) is 5.75 Å². The van der Waals surface area contributed by atoms with Crippen LogP contribution in [0.4, 0.5) is 4.79 Å². The molecule has 0 bridgehead atoms. The maximum Gasteiger partial charge on any atom is 0.408 e. The zero-order chi connectivity index (χ0) is 24.9. The summed E-state index contributed by atoms with van der Waals surface area (Å²) in [6.45, 7) is 15.8. The molecule has 8 heteroatoms. The summed E-state index contributed by atoms with van der Waals surface area (Å²) in [7, 11) is 0. The molecule has 0 aliphatic heterocycles. The zero-order valence-corrected chi connectivity index (χ0v) is 20.8. The third-order valence-corrected chi connectivity index (χ3v) is 4.72. The van der Waals surface area contributed by atoms with Gasteiger partial charge in [-0.25, -0.2) is 4.79 Å². The van der Waals surface area contributed by atoms with Gasteiger partial charge in [0.15, 0.2) is 0 Å². The summed E-state index contributed by atoms with van der Waals surface area (Å²) in [4.78, 5) is 40.2. The number of nitrogens with one attached hydrogen (secondary N) is 2. The van der Waals surface area contributed by atoms with E-state index in [1.54, 1.807) is 45.9 Å².